The molecule has 24 heavy (non-hydrogen) atoms. The summed E-state index contributed by atoms with van der Waals surface area (Å²) in [6.45, 7) is 1.71. The molecule has 0 amide bonds. The van der Waals surface area contributed by atoms with E-state index in [2.05, 4.69) is 5.32 Å². The molecule has 2 aromatic carbocycles. The Labute approximate surface area is 135 Å². The van der Waals surface area contributed by atoms with E-state index in [-0.39, 0.29) is 11.7 Å². The molecule has 1 unspecified atom stereocenters. The van der Waals surface area contributed by atoms with Crippen LogP contribution in [0.1, 0.15) is 29.7 Å². The van der Waals surface area contributed by atoms with Crippen LogP contribution in [0.4, 0.5) is 24.5 Å². The molecule has 0 fully saturated rings. The third-order valence-electron chi connectivity index (χ3n) is 3.40. The molecule has 0 spiro atoms. The minimum absolute atomic E-state index is 0.0998. The van der Waals surface area contributed by atoms with Gasteiger partial charge in [0.05, 0.1) is 16.6 Å². The number of nitriles is 1. The molecule has 0 aliphatic carbocycles. The molecule has 8 heteroatoms. The van der Waals surface area contributed by atoms with E-state index >= 15 is 0 Å². The number of hydrogen-bond acceptors (Lipinski definition) is 4. The zero-order valence-corrected chi connectivity index (χ0v) is 12.5. The predicted molar refractivity (Wildman–Crippen MR) is 81.3 cm³/mol. The highest BCUT2D eigenvalue weighted by molar-refractivity contribution is 5.56. The molecule has 0 bridgehead atoms. The van der Waals surface area contributed by atoms with Gasteiger partial charge in [-0.2, -0.15) is 18.4 Å². The normalized spacial score (nSPS) is 12.3. The van der Waals surface area contributed by atoms with Crippen LogP contribution in [-0.2, 0) is 6.18 Å². The van der Waals surface area contributed by atoms with Crippen molar-refractivity contribution in [3.05, 3.63) is 69.3 Å². The lowest BCUT2D eigenvalue weighted by molar-refractivity contribution is -0.388. The quantitative estimate of drug-likeness (QED) is 0.651. The minimum atomic E-state index is -4.83. The molecule has 1 atom stereocenters. The smallest absolute Gasteiger partial charge is 0.379 e. The highest BCUT2D eigenvalue weighted by Crippen LogP contribution is 2.38. The second-order valence-electron chi connectivity index (χ2n) is 5.09. The Bertz CT molecular complexity index is 813. The lowest BCUT2D eigenvalue weighted by atomic mass is 10.0. The Morgan fingerprint density at radius 2 is 1.96 bits per heavy atom. The Hall–Kier alpha value is -3.08. The maximum Gasteiger partial charge on any atom is 0.423 e. The number of benzene rings is 2. The molecular formula is C16H12F3N3O2. The summed E-state index contributed by atoms with van der Waals surface area (Å²) in [6.07, 6.45) is -4.83. The predicted octanol–water partition coefficient (Wildman–Crippen LogP) is 4.66. The van der Waals surface area contributed by atoms with Crippen molar-refractivity contribution in [1.82, 2.24) is 0 Å². The highest BCUT2D eigenvalue weighted by Gasteiger charge is 2.38. The van der Waals surface area contributed by atoms with Crippen LogP contribution >= 0.6 is 0 Å². The molecule has 0 aliphatic heterocycles. The van der Waals surface area contributed by atoms with Crippen molar-refractivity contribution in [1.29, 1.82) is 5.26 Å². The molecule has 0 heterocycles. The summed E-state index contributed by atoms with van der Waals surface area (Å²) < 4.78 is 38.9. The standard InChI is InChI=1S/C16H12F3N3O2/c1-10(12-4-2-3-11(7-12)9-20)21-13-5-6-15(22(23)24)14(8-13)16(17,18)19/h2-8,10,21H,1H3. The fraction of sp³-hybridized carbons (Fsp3) is 0.188. The molecule has 0 aromatic heterocycles. The first-order chi connectivity index (χ1) is 11.2. The summed E-state index contributed by atoms with van der Waals surface area (Å²) in [5.74, 6) is 0. The van der Waals surface area contributed by atoms with E-state index in [1.54, 1.807) is 31.2 Å². The molecule has 124 valence electrons. The summed E-state index contributed by atoms with van der Waals surface area (Å²) >= 11 is 0. The van der Waals surface area contributed by atoms with Crippen molar-refractivity contribution in [2.45, 2.75) is 19.1 Å². The van der Waals surface area contributed by atoms with Crippen LogP contribution in [0, 0.1) is 21.4 Å². The van der Waals surface area contributed by atoms with E-state index in [1.165, 1.54) is 6.07 Å². The number of alkyl halides is 3. The Morgan fingerprint density at radius 3 is 2.54 bits per heavy atom. The number of hydrogen-bond donors (Lipinski definition) is 1. The third-order valence-corrected chi connectivity index (χ3v) is 3.40. The summed E-state index contributed by atoms with van der Waals surface area (Å²) in [6, 6.07) is 11.0. The second-order valence-corrected chi connectivity index (χ2v) is 5.09. The van der Waals surface area contributed by atoms with E-state index in [0.29, 0.717) is 17.2 Å². The first kappa shape index (κ1) is 17.3. The topological polar surface area (TPSA) is 79.0 Å². The van der Waals surface area contributed by atoms with Crippen LogP contribution in [-0.4, -0.2) is 4.92 Å². The number of nitro benzene ring substituents is 1. The van der Waals surface area contributed by atoms with Crippen molar-refractivity contribution in [3.8, 4) is 6.07 Å². The third kappa shape index (κ3) is 3.81. The molecule has 0 saturated carbocycles. The van der Waals surface area contributed by atoms with Gasteiger partial charge in [0.1, 0.15) is 5.56 Å². The molecular weight excluding hydrogens is 323 g/mol. The SMILES string of the molecule is CC(Nc1ccc([N+](=O)[O-])c(C(F)(F)F)c1)c1cccc(C#N)c1. The first-order valence-electron chi connectivity index (χ1n) is 6.84. The lowest BCUT2D eigenvalue weighted by Gasteiger charge is -2.17. The molecule has 0 saturated heterocycles. The van der Waals surface area contributed by atoms with Gasteiger partial charge in [-0.25, -0.2) is 0 Å². The van der Waals surface area contributed by atoms with Gasteiger partial charge in [0.25, 0.3) is 5.69 Å². The van der Waals surface area contributed by atoms with Gasteiger partial charge in [-0.05, 0) is 36.8 Å². The summed E-state index contributed by atoms with van der Waals surface area (Å²) in [7, 11) is 0. The van der Waals surface area contributed by atoms with Crippen molar-refractivity contribution in [2.24, 2.45) is 0 Å². The van der Waals surface area contributed by atoms with Crippen molar-refractivity contribution in [3.63, 3.8) is 0 Å². The van der Waals surface area contributed by atoms with Gasteiger partial charge in [0.2, 0.25) is 0 Å². The molecule has 0 aliphatic rings. The monoisotopic (exact) mass is 335 g/mol. The van der Waals surface area contributed by atoms with E-state index in [1.807, 2.05) is 6.07 Å². The van der Waals surface area contributed by atoms with Crippen LogP contribution in [0.3, 0.4) is 0 Å². The molecule has 2 rings (SSSR count). The van der Waals surface area contributed by atoms with Crippen LogP contribution in [0.25, 0.3) is 0 Å². The van der Waals surface area contributed by atoms with Crippen molar-refractivity contribution < 1.29 is 18.1 Å². The summed E-state index contributed by atoms with van der Waals surface area (Å²) in [5.41, 5.74) is -1.06. The van der Waals surface area contributed by atoms with Crippen molar-refractivity contribution >= 4 is 11.4 Å². The van der Waals surface area contributed by atoms with Gasteiger partial charge in [-0.1, -0.05) is 12.1 Å². The van der Waals surface area contributed by atoms with Gasteiger partial charge in [0.15, 0.2) is 0 Å². The van der Waals surface area contributed by atoms with E-state index in [9.17, 15) is 23.3 Å². The second kappa shape index (κ2) is 6.58. The van der Waals surface area contributed by atoms with Gasteiger partial charge in [0, 0.05) is 17.8 Å². The Kier molecular flexibility index (Phi) is 4.74. The van der Waals surface area contributed by atoms with E-state index in [0.717, 1.165) is 6.07 Å². The fourth-order valence-corrected chi connectivity index (χ4v) is 2.22. The van der Waals surface area contributed by atoms with Crippen LogP contribution in [0.2, 0.25) is 0 Å². The lowest BCUT2D eigenvalue weighted by Crippen LogP contribution is -2.11. The molecule has 5 nitrogen and oxygen atoms in total. The largest absolute Gasteiger partial charge is 0.423 e. The van der Waals surface area contributed by atoms with Gasteiger partial charge >= 0.3 is 6.18 Å². The maximum absolute atomic E-state index is 13.0. The summed E-state index contributed by atoms with van der Waals surface area (Å²) in [5, 5.41) is 22.5. The van der Waals surface area contributed by atoms with Crippen LogP contribution < -0.4 is 5.32 Å². The van der Waals surface area contributed by atoms with Gasteiger partial charge in [-0.3, -0.25) is 10.1 Å². The number of rotatable bonds is 4. The average Bonchev–Trinajstić information content (AvgIpc) is 2.53. The number of nitrogens with zero attached hydrogens (tertiary/aromatic N) is 2. The van der Waals surface area contributed by atoms with E-state index < -0.39 is 22.4 Å². The Balaban J connectivity index is 2.33. The highest BCUT2D eigenvalue weighted by atomic mass is 19.4. The molecule has 1 N–H and O–H groups in total. The zero-order chi connectivity index (χ0) is 17.9. The van der Waals surface area contributed by atoms with Crippen molar-refractivity contribution in [2.75, 3.05) is 5.32 Å². The van der Waals surface area contributed by atoms with Crippen LogP contribution in [0.5, 0.6) is 0 Å². The fourth-order valence-electron chi connectivity index (χ4n) is 2.22. The number of nitro groups is 1. The zero-order valence-electron chi connectivity index (χ0n) is 12.5. The Morgan fingerprint density at radius 1 is 1.25 bits per heavy atom. The molecule has 0 radical (unpaired) electrons. The number of halogens is 3. The van der Waals surface area contributed by atoms with E-state index in [4.69, 9.17) is 5.26 Å². The number of anilines is 1. The minimum Gasteiger partial charge on any atom is -0.379 e. The van der Waals surface area contributed by atoms with Gasteiger partial charge < -0.3 is 5.32 Å². The number of nitrogens with one attached hydrogen (secondary N) is 1. The first-order valence-corrected chi connectivity index (χ1v) is 6.84. The average molecular weight is 335 g/mol. The summed E-state index contributed by atoms with van der Waals surface area (Å²) in [4.78, 5) is 9.69. The maximum atomic E-state index is 13.0. The van der Waals surface area contributed by atoms with Crippen LogP contribution in [0.15, 0.2) is 42.5 Å². The molecule has 2 aromatic rings. The van der Waals surface area contributed by atoms with Gasteiger partial charge in [-0.15, -0.1) is 0 Å².